The van der Waals surface area contributed by atoms with Gasteiger partial charge in [-0.3, -0.25) is 24.7 Å². The fourth-order valence-corrected chi connectivity index (χ4v) is 6.82. The maximum atomic E-state index is 15.0. The second-order valence-electron chi connectivity index (χ2n) is 11.4. The highest BCUT2D eigenvalue weighted by atomic mass is 19.3. The number of pyridine rings is 1. The highest BCUT2D eigenvalue weighted by Gasteiger charge is 2.57. The molecule has 6 rings (SSSR count). The van der Waals surface area contributed by atoms with Crippen molar-refractivity contribution in [3.63, 3.8) is 0 Å². The molecule has 2 heterocycles. The number of alkyl halides is 2. The summed E-state index contributed by atoms with van der Waals surface area (Å²) in [6.45, 7) is 0. The third-order valence-corrected chi connectivity index (χ3v) is 8.79. The molecule has 8 nitrogen and oxygen atoms in total. The average molecular weight is 595 g/mol. The minimum atomic E-state index is -2.77. The van der Waals surface area contributed by atoms with E-state index >= 15 is 0 Å². The number of carbonyl (C=O) groups is 2. The molecule has 0 radical (unpaired) electrons. The molecular formula is C32H33F3N4O4. The van der Waals surface area contributed by atoms with Gasteiger partial charge in [0, 0.05) is 50.4 Å². The van der Waals surface area contributed by atoms with E-state index in [0.717, 1.165) is 11.1 Å². The average Bonchev–Trinajstić information content (AvgIpc) is 3.56. The third kappa shape index (κ3) is 5.14. The summed E-state index contributed by atoms with van der Waals surface area (Å²) < 4.78 is 54.0. The van der Waals surface area contributed by atoms with Gasteiger partial charge in [-0.25, -0.2) is 18.2 Å². The largest absolute Gasteiger partial charge is 0.497 e. The topological polar surface area (TPSA) is 84.0 Å². The quantitative estimate of drug-likeness (QED) is 0.353. The van der Waals surface area contributed by atoms with Crippen LogP contribution in [0.15, 0.2) is 66.9 Å². The van der Waals surface area contributed by atoms with E-state index < -0.39 is 41.5 Å². The van der Waals surface area contributed by atoms with Crippen LogP contribution in [0.2, 0.25) is 0 Å². The third-order valence-electron chi connectivity index (χ3n) is 8.79. The van der Waals surface area contributed by atoms with Crippen molar-refractivity contribution >= 4 is 23.3 Å². The molecule has 3 aliphatic rings. The van der Waals surface area contributed by atoms with Crippen LogP contribution in [0.5, 0.6) is 5.75 Å². The lowest BCUT2D eigenvalue weighted by Crippen LogP contribution is -2.66. The smallest absolute Gasteiger partial charge is 0.251 e. The molecule has 0 bridgehead atoms. The van der Waals surface area contributed by atoms with Gasteiger partial charge in [-0.05, 0) is 54.7 Å². The SMILES string of the molecule is COc1ccnc(N2C(=O)CC[C@H]2C(=O)N(c2cccc(F)c2)[C@@]2(C(NC3CC(F)(F)C3)OC)CCc3ccccc32)c1. The zero-order valence-corrected chi connectivity index (χ0v) is 23.9. The molecule has 1 aromatic heterocycles. The number of carbonyl (C=O) groups excluding carboxylic acids is 2. The molecule has 1 unspecified atom stereocenters. The molecule has 3 aromatic rings. The van der Waals surface area contributed by atoms with Gasteiger partial charge in [-0.2, -0.15) is 0 Å². The maximum Gasteiger partial charge on any atom is 0.251 e. The predicted molar refractivity (Wildman–Crippen MR) is 154 cm³/mol. The molecule has 2 fully saturated rings. The van der Waals surface area contributed by atoms with Crippen molar-refractivity contribution in [3.8, 4) is 5.75 Å². The fraction of sp³-hybridized carbons (Fsp3) is 0.406. The van der Waals surface area contributed by atoms with Crippen molar-refractivity contribution in [2.24, 2.45) is 0 Å². The summed E-state index contributed by atoms with van der Waals surface area (Å²) >= 11 is 0. The Hall–Kier alpha value is -3.96. The molecule has 1 N–H and O–H groups in total. The predicted octanol–water partition coefficient (Wildman–Crippen LogP) is 4.96. The molecule has 2 aromatic carbocycles. The van der Waals surface area contributed by atoms with E-state index in [1.54, 1.807) is 18.2 Å². The molecule has 3 atom stereocenters. The minimum Gasteiger partial charge on any atom is -0.497 e. The van der Waals surface area contributed by atoms with Crippen LogP contribution < -0.4 is 19.9 Å². The lowest BCUT2D eigenvalue weighted by Gasteiger charge is -2.50. The number of hydrogen-bond donors (Lipinski definition) is 1. The first-order valence-corrected chi connectivity index (χ1v) is 14.3. The van der Waals surface area contributed by atoms with Crippen LogP contribution in [0.3, 0.4) is 0 Å². The summed E-state index contributed by atoms with van der Waals surface area (Å²) in [4.78, 5) is 35.5. The number of nitrogens with one attached hydrogen (secondary N) is 1. The molecule has 1 saturated heterocycles. The van der Waals surface area contributed by atoms with E-state index in [1.807, 2.05) is 24.3 Å². The lowest BCUT2D eigenvalue weighted by atomic mass is 9.82. The molecule has 2 amide bonds. The minimum absolute atomic E-state index is 0.110. The number of benzene rings is 2. The highest BCUT2D eigenvalue weighted by Crippen LogP contribution is 2.49. The van der Waals surface area contributed by atoms with Crippen LogP contribution in [0, 0.1) is 5.82 Å². The Morgan fingerprint density at radius 1 is 1.09 bits per heavy atom. The van der Waals surface area contributed by atoms with Gasteiger partial charge in [0.05, 0.1) is 7.11 Å². The van der Waals surface area contributed by atoms with Gasteiger partial charge in [0.2, 0.25) is 5.91 Å². The number of amides is 2. The summed E-state index contributed by atoms with van der Waals surface area (Å²) in [6.07, 6.45) is 1.13. The summed E-state index contributed by atoms with van der Waals surface area (Å²) in [6, 6.07) is 15.0. The molecule has 2 aliphatic carbocycles. The molecule has 226 valence electrons. The number of methoxy groups -OCH3 is 2. The molecular weight excluding hydrogens is 561 g/mol. The Bertz CT molecular complexity index is 1530. The summed E-state index contributed by atoms with van der Waals surface area (Å²) in [7, 11) is 2.97. The van der Waals surface area contributed by atoms with E-state index in [4.69, 9.17) is 9.47 Å². The number of anilines is 2. The van der Waals surface area contributed by atoms with E-state index in [9.17, 15) is 22.8 Å². The van der Waals surface area contributed by atoms with Gasteiger partial charge >= 0.3 is 0 Å². The Balaban J connectivity index is 1.50. The number of halogens is 3. The molecule has 11 heteroatoms. The van der Waals surface area contributed by atoms with Crippen LogP contribution in [-0.4, -0.2) is 55.3 Å². The normalized spacial score (nSPS) is 23.5. The maximum absolute atomic E-state index is 15.0. The number of ether oxygens (including phenoxy) is 2. The number of fused-ring (bicyclic) bond motifs is 1. The highest BCUT2D eigenvalue weighted by molar-refractivity contribution is 6.09. The van der Waals surface area contributed by atoms with Gasteiger partial charge in [0.1, 0.15) is 35.2 Å². The number of rotatable bonds is 9. The molecule has 43 heavy (non-hydrogen) atoms. The molecule has 1 aliphatic heterocycles. The standard InChI is InChI=1S/C32H33F3N4O4/c1-42-24-13-15-36-27(17-24)38-26(10-11-28(38)40)29(41)39(23-8-5-7-21(33)16-23)32(14-12-20-6-3-4-9-25(20)32)30(43-2)37-22-18-31(34,35)19-22/h3-9,13,15-17,22,26,30,37H,10-12,14,18-19H2,1-2H3/t26-,30?,32-/m0/s1. The number of aromatic nitrogens is 1. The first-order valence-electron chi connectivity index (χ1n) is 14.3. The van der Waals surface area contributed by atoms with E-state index in [-0.39, 0.29) is 43.1 Å². The number of nitrogens with zero attached hydrogens (tertiary/aromatic N) is 3. The Morgan fingerprint density at radius 2 is 1.88 bits per heavy atom. The van der Waals surface area contributed by atoms with Crippen LogP contribution in [0.1, 0.15) is 43.2 Å². The second-order valence-corrected chi connectivity index (χ2v) is 11.4. The van der Waals surface area contributed by atoms with E-state index in [1.165, 1.54) is 48.4 Å². The van der Waals surface area contributed by atoms with Crippen molar-refractivity contribution < 1.29 is 32.2 Å². The van der Waals surface area contributed by atoms with Gasteiger partial charge in [-0.15, -0.1) is 0 Å². The van der Waals surface area contributed by atoms with Gasteiger partial charge in [0.25, 0.3) is 11.8 Å². The summed E-state index contributed by atoms with van der Waals surface area (Å²) in [5.74, 6) is -3.33. The van der Waals surface area contributed by atoms with Crippen molar-refractivity contribution in [2.75, 3.05) is 24.0 Å². The summed E-state index contributed by atoms with van der Waals surface area (Å²) in [5.41, 5.74) is 0.754. The number of hydrogen-bond acceptors (Lipinski definition) is 6. The Labute approximate surface area is 247 Å². The van der Waals surface area contributed by atoms with Crippen LogP contribution in [0.4, 0.5) is 24.7 Å². The molecule has 0 spiro atoms. The van der Waals surface area contributed by atoms with Crippen LogP contribution in [0.25, 0.3) is 0 Å². The monoisotopic (exact) mass is 594 g/mol. The van der Waals surface area contributed by atoms with Crippen LogP contribution >= 0.6 is 0 Å². The zero-order valence-electron chi connectivity index (χ0n) is 23.9. The van der Waals surface area contributed by atoms with Crippen LogP contribution in [-0.2, 0) is 26.3 Å². The van der Waals surface area contributed by atoms with E-state index in [0.29, 0.717) is 18.6 Å². The fourth-order valence-electron chi connectivity index (χ4n) is 6.82. The Morgan fingerprint density at radius 3 is 2.60 bits per heavy atom. The van der Waals surface area contributed by atoms with Crippen molar-refractivity contribution in [1.82, 2.24) is 10.3 Å². The second kappa shape index (κ2) is 11.3. The zero-order chi connectivity index (χ0) is 30.4. The Kier molecular flexibility index (Phi) is 7.64. The molecule has 1 saturated carbocycles. The van der Waals surface area contributed by atoms with Gasteiger partial charge in [-0.1, -0.05) is 30.3 Å². The van der Waals surface area contributed by atoms with Crippen molar-refractivity contribution in [2.45, 2.75) is 68.3 Å². The van der Waals surface area contributed by atoms with Gasteiger partial charge in [0.15, 0.2) is 0 Å². The number of aryl methyl sites for hydroxylation is 1. The lowest BCUT2D eigenvalue weighted by molar-refractivity contribution is -0.128. The van der Waals surface area contributed by atoms with Gasteiger partial charge < -0.3 is 9.47 Å². The van der Waals surface area contributed by atoms with Crippen molar-refractivity contribution in [3.05, 3.63) is 83.8 Å². The first kappa shape index (κ1) is 29.1. The summed E-state index contributed by atoms with van der Waals surface area (Å²) in [5, 5.41) is 3.26. The first-order chi connectivity index (χ1) is 20.7. The van der Waals surface area contributed by atoms with E-state index in [2.05, 4.69) is 10.3 Å². The van der Waals surface area contributed by atoms with Crippen molar-refractivity contribution in [1.29, 1.82) is 0 Å².